The van der Waals surface area contributed by atoms with Gasteiger partial charge in [-0.3, -0.25) is 4.79 Å². The molecule has 1 N–H and O–H groups in total. The molecular weight excluding hydrogens is 284 g/mol. The van der Waals surface area contributed by atoms with Crippen LogP contribution < -0.4 is 5.32 Å². The molecule has 5 heteroatoms. The SMILES string of the molecule is CNC1C(=O)N(CC2CCCCCO2)CCc2ccsc21. The molecule has 1 aromatic heterocycles. The largest absolute Gasteiger partial charge is 0.376 e. The summed E-state index contributed by atoms with van der Waals surface area (Å²) in [7, 11) is 1.87. The van der Waals surface area contributed by atoms with Crippen molar-refractivity contribution in [3.05, 3.63) is 21.9 Å². The van der Waals surface area contributed by atoms with Crippen molar-refractivity contribution < 1.29 is 9.53 Å². The quantitative estimate of drug-likeness (QED) is 0.932. The molecule has 0 aliphatic carbocycles. The summed E-state index contributed by atoms with van der Waals surface area (Å²) in [6, 6.07) is 1.97. The second-order valence-corrected chi connectivity index (χ2v) is 6.86. The van der Waals surface area contributed by atoms with Gasteiger partial charge in [-0.15, -0.1) is 11.3 Å². The summed E-state index contributed by atoms with van der Waals surface area (Å²) in [6.45, 7) is 2.39. The third-order valence-electron chi connectivity index (χ3n) is 4.49. The van der Waals surface area contributed by atoms with E-state index in [2.05, 4.69) is 16.8 Å². The Balaban J connectivity index is 1.71. The van der Waals surface area contributed by atoms with Gasteiger partial charge < -0.3 is 15.0 Å². The molecule has 2 atom stereocenters. The van der Waals surface area contributed by atoms with E-state index in [1.807, 2.05) is 11.9 Å². The van der Waals surface area contributed by atoms with E-state index in [9.17, 15) is 4.79 Å². The molecule has 1 aromatic rings. The molecule has 1 fully saturated rings. The van der Waals surface area contributed by atoms with E-state index >= 15 is 0 Å². The topological polar surface area (TPSA) is 41.6 Å². The average Bonchev–Trinajstić information content (AvgIpc) is 2.73. The van der Waals surface area contributed by atoms with Gasteiger partial charge in [-0.25, -0.2) is 0 Å². The molecule has 2 aliphatic heterocycles. The van der Waals surface area contributed by atoms with Crippen molar-refractivity contribution in [1.29, 1.82) is 0 Å². The Kier molecular flexibility index (Phi) is 4.93. The molecule has 2 aliphatic rings. The lowest BCUT2D eigenvalue weighted by molar-refractivity contribution is -0.135. The molecule has 0 spiro atoms. The molecule has 0 bridgehead atoms. The zero-order valence-corrected chi connectivity index (χ0v) is 13.5. The fraction of sp³-hybridized carbons (Fsp3) is 0.688. The number of ether oxygens (including phenoxy) is 1. The Morgan fingerprint density at radius 3 is 3.19 bits per heavy atom. The number of carbonyl (C=O) groups excluding carboxylic acids is 1. The van der Waals surface area contributed by atoms with Crippen molar-refractivity contribution in [1.82, 2.24) is 10.2 Å². The number of fused-ring (bicyclic) bond motifs is 1. The molecule has 21 heavy (non-hydrogen) atoms. The smallest absolute Gasteiger partial charge is 0.245 e. The van der Waals surface area contributed by atoms with Crippen LogP contribution in [0.5, 0.6) is 0 Å². The van der Waals surface area contributed by atoms with Gasteiger partial charge in [0.2, 0.25) is 5.91 Å². The van der Waals surface area contributed by atoms with Gasteiger partial charge in [0, 0.05) is 24.6 Å². The summed E-state index contributed by atoms with van der Waals surface area (Å²) >= 11 is 1.69. The van der Waals surface area contributed by atoms with Crippen molar-refractivity contribution >= 4 is 17.2 Å². The molecular formula is C16H24N2O2S. The van der Waals surface area contributed by atoms with Crippen molar-refractivity contribution in [2.75, 3.05) is 26.7 Å². The standard InChI is InChI=1S/C16H24N2O2S/c1-17-14-15-12(7-10-21-15)6-8-18(16(14)19)11-13-5-3-2-4-9-20-13/h7,10,13-14,17H,2-6,8-9,11H2,1H3. The van der Waals surface area contributed by atoms with E-state index in [0.29, 0.717) is 0 Å². The Morgan fingerprint density at radius 1 is 1.43 bits per heavy atom. The number of nitrogens with zero attached hydrogens (tertiary/aromatic N) is 1. The summed E-state index contributed by atoms with van der Waals surface area (Å²) in [5, 5.41) is 5.28. The minimum atomic E-state index is -0.187. The summed E-state index contributed by atoms with van der Waals surface area (Å²) in [6.07, 6.45) is 5.87. The van der Waals surface area contributed by atoms with E-state index < -0.39 is 0 Å². The number of hydrogen-bond donors (Lipinski definition) is 1. The fourth-order valence-corrected chi connectivity index (χ4v) is 4.33. The molecule has 3 rings (SSSR count). The Bertz CT molecular complexity index is 480. The Hall–Kier alpha value is -0.910. The molecule has 0 radical (unpaired) electrons. The zero-order valence-electron chi connectivity index (χ0n) is 12.6. The maximum Gasteiger partial charge on any atom is 0.245 e. The van der Waals surface area contributed by atoms with Crippen LogP contribution in [-0.4, -0.2) is 43.7 Å². The number of rotatable bonds is 3. The number of nitrogens with one attached hydrogen (secondary N) is 1. The van der Waals surface area contributed by atoms with Crippen molar-refractivity contribution in [2.24, 2.45) is 0 Å². The van der Waals surface area contributed by atoms with Gasteiger partial charge in [-0.1, -0.05) is 12.8 Å². The van der Waals surface area contributed by atoms with Crippen LogP contribution in [-0.2, 0) is 16.0 Å². The predicted molar refractivity (Wildman–Crippen MR) is 84.6 cm³/mol. The molecule has 3 heterocycles. The monoisotopic (exact) mass is 308 g/mol. The van der Waals surface area contributed by atoms with Crippen molar-refractivity contribution in [2.45, 2.75) is 44.2 Å². The zero-order chi connectivity index (χ0) is 14.7. The van der Waals surface area contributed by atoms with Crippen LogP contribution >= 0.6 is 11.3 Å². The first-order valence-electron chi connectivity index (χ1n) is 7.93. The van der Waals surface area contributed by atoms with Crippen LogP contribution in [0.25, 0.3) is 0 Å². The van der Waals surface area contributed by atoms with E-state index in [0.717, 1.165) is 39.0 Å². The van der Waals surface area contributed by atoms with Crippen LogP contribution in [0.15, 0.2) is 11.4 Å². The third kappa shape index (κ3) is 3.30. The summed E-state index contributed by atoms with van der Waals surface area (Å²) in [5.41, 5.74) is 1.32. The van der Waals surface area contributed by atoms with Crippen LogP contribution in [0.1, 0.15) is 42.2 Å². The first kappa shape index (κ1) is 15.0. The lowest BCUT2D eigenvalue weighted by Crippen LogP contribution is -2.43. The van der Waals surface area contributed by atoms with Gasteiger partial charge >= 0.3 is 0 Å². The molecule has 2 unspecified atom stereocenters. The minimum absolute atomic E-state index is 0.187. The van der Waals surface area contributed by atoms with Crippen molar-refractivity contribution in [3.63, 3.8) is 0 Å². The molecule has 0 aromatic carbocycles. The lowest BCUT2D eigenvalue weighted by Gasteiger charge is -2.28. The highest BCUT2D eigenvalue weighted by molar-refractivity contribution is 7.10. The fourth-order valence-electron chi connectivity index (χ4n) is 3.28. The highest BCUT2D eigenvalue weighted by Crippen LogP contribution is 2.30. The number of carbonyl (C=O) groups is 1. The van der Waals surface area contributed by atoms with Crippen LogP contribution in [0.4, 0.5) is 0 Å². The number of amides is 1. The molecule has 1 amide bonds. The van der Waals surface area contributed by atoms with Gasteiger partial charge in [0.25, 0.3) is 0 Å². The lowest BCUT2D eigenvalue weighted by atomic mass is 10.1. The van der Waals surface area contributed by atoms with Gasteiger partial charge in [0.1, 0.15) is 6.04 Å². The van der Waals surface area contributed by atoms with E-state index in [1.54, 1.807) is 11.3 Å². The normalized spacial score (nSPS) is 27.1. The molecule has 116 valence electrons. The number of likely N-dealkylation sites (N-methyl/N-ethyl adjacent to an activating group) is 1. The third-order valence-corrected chi connectivity index (χ3v) is 5.51. The number of hydrogen-bond acceptors (Lipinski definition) is 4. The highest BCUT2D eigenvalue weighted by Gasteiger charge is 2.32. The van der Waals surface area contributed by atoms with Crippen molar-refractivity contribution in [3.8, 4) is 0 Å². The Morgan fingerprint density at radius 2 is 2.33 bits per heavy atom. The second kappa shape index (κ2) is 6.90. The van der Waals surface area contributed by atoms with E-state index in [-0.39, 0.29) is 18.1 Å². The van der Waals surface area contributed by atoms with Crippen LogP contribution in [0, 0.1) is 0 Å². The van der Waals surface area contributed by atoms with Gasteiger partial charge in [0.15, 0.2) is 0 Å². The Labute approximate surface area is 130 Å². The minimum Gasteiger partial charge on any atom is -0.376 e. The molecule has 1 saturated heterocycles. The van der Waals surface area contributed by atoms with E-state index in [1.165, 1.54) is 23.3 Å². The maximum atomic E-state index is 12.8. The van der Waals surface area contributed by atoms with Gasteiger partial charge in [-0.2, -0.15) is 0 Å². The average molecular weight is 308 g/mol. The molecule has 0 saturated carbocycles. The highest BCUT2D eigenvalue weighted by atomic mass is 32.1. The van der Waals surface area contributed by atoms with Crippen LogP contribution in [0.2, 0.25) is 0 Å². The predicted octanol–water partition coefficient (Wildman–Crippen LogP) is 2.35. The van der Waals surface area contributed by atoms with Gasteiger partial charge in [0.05, 0.1) is 6.10 Å². The summed E-state index contributed by atoms with van der Waals surface area (Å²) in [4.78, 5) is 16.0. The summed E-state index contributed by atoms with van der Waals surface area (Å²) in [5.74, 6) is 0.201. The van der Waals surface area contributed by atoms with Crippen LogP contribution in [0.3, 0.4) is 0 Å². The second-order valence-electron chi connectivity index (χ2n) is 5.91. The first-order chi connectivity index (χ1) is 10.3. The first-order valence-corrected chi connectivity index (χ1v) is 8.81. The van der Waals surface area contributed by atoms with Gasteiger partial charge in [-0.05, 0) is 43.3 Å². The maximum absolute atomic E-state index is 12.8. The number of thiophene rings is 1. The summed E-state index contributed by atoms with van der Waals surface area (Å²) < 4.78 is 5.91. The van der Waals surface area contributed by atoms with E-state index in [4.69, 9.17) is 4.74 Å². The molecule has 4 nitrogen and oxygen atoms in total.